The molecule has 1 unspecified atom stereocenters. The first kappa shape index (κ1) is 10.00. The Balaban J connectivity index is 2.32. The van der Waals surface area contributed by atoms with E-state index in [1.165, 1.54) is 6.08 Å². The molecule has 0 spiro atoms. The number of carbonyl (C=O) groups excluding carboxylic acids is 1. The van der Waals surface area contributed by atoms with Gasteiger partial charge in [-0.25, -0.2) is 4.79 Å². The molecule has 2 aliphatic rings. The second kappa shape index (κ2) is 5.90. The van der Waals surface area contributed by atoms with E-state index in [4.69, 9.17) is 14.3 Å². The molecule has 1 saturated heterocycles. The minimum atomic E-state index is -3.80. The summed E-state index contributed by atoms with van der Waals surface area (Å²) in [6.07, 6.45) is -1.56. The van der Waals surface area contributed by atoms with E-state index in [1.807, 2.05) is 0 Å². The van der Waals surface area contributed by atoms with Crippen LogP contribution in [0.3, 0.4) is 0 Å². The van der Waals surface area contributed by atoms with Crippen molar-refractivity contribution in [1.82, 2.24) is 0 Å². The molecule has 22 heavy (non-hydrogen) atoms. The lowest BCUT2D eigenvalue weighted by Gasteiger charge is -2.40. The molecule has 0 aliphatic carbocycles. The van der Waals surface area contributed by atoms with Crippen molar-refractivity contribution < 1.29 is 39.1 Å². The minimum absolute atomic E-state index is 0.0300. The summed E-state index contributed by atoms with van der Waals surface area (Å²) in [4.78, 5) is 12.6. The van der Waals surface area contributed by atoms with Crippen molar-refractivity contribution in [3.8, 4) is 0 Å². The van der Waals surface area contributed by atoms with Crippen LogP contribution in [-0.2, 0) is 9.53 Å². The van der Waals surface area contributed by atoms with Gasteiger partial charge in [0.1, 0.15) is 18.8 Å². The molecule has 0 aromatic heterocycles. The fourth-order valence-electron chi connectivity index (χ4n) is 2.99. The van der Waals surface area contributed by atoms with Crippen molar-refractivity contribution >= 4 is 5.97 Å². The van der Waals surface area contributed by atoms with Crippen LogP contribution < -0.4 is 0 Å². The lowest BCUT2D eigenvalue weighted by molar-refractivity contribution is -0.877. The number of esters is 1. The van der Waals surface area contributed by atoms with Crippen molar-refractivity contribution in [2.75, 3.05) is 19.7 Å². The van der Waals surface area contributed by atoms with E-state index < -0.39 is 60.7 Å². The molecule has 126 valence electrons. The van der Waals surface area contributed by atoms with E-state index in [2.05, 4.69) is 0 Å². The predicted molar refractivity (Wildman–Crippen MR) is 78.3 cm³/mol. The Bertz CT molecular complexity index is 680. The number of carbonyl (C=O) groups is 1. The van der Waals surface area contributed by atoms with Gasteiger partial charge in [-0.05, 0) is 18.9 Å². The molecule has 2 rings (SSSR count). The first-order valence-corrected chi connectivity index (χ1v) is 6.96. The van der Waals surface area contributed by atoms with Crippen molar-refractivity contribution in [2.45, 2.75) is 50.9 Å². The number of aliphatic hydroxyl groups is 3. The summed E-state index contributed by atoms with van der Waals surface area (Å²) in [6.45, 7) is -7.06. The Morgan fingerprint density at radius 1 is 1.73 bits per heavy atom. The zero-order valence-corrected chi connectivity index (χ0v) is 12.2. The zero-order chi connectivity index (χ0) is 22.6. The molecule has 0 amide bonds. The third kappa shape index (κ3) is 2.68. The van der Waals surface area contributed by atoms with Crippen LogP contribution in [0.4, 0.5) is 0 Å². The molecular formula is C15H25NO6. The van der Waals surface area contributed by atoms with Crippen LogP contribution in [0.2, 0.25) is 0 Å². The lowest BCUT2D eigenvalue weighted by Crippen LogP contribution is -2.53. The van der Waals surface area contributed by atoms with E-state index in [0.717, 1.165) is 6.92 Å². The molecule has 3 N–H and O–H groups in total. The van der Waals surface area contributed by atoms with Crippen molar-refractivity contribution in [3.05, 3.63) is 16.9 Å². The third-order valence-corrected chi connectivity index (χ3v) is 4.38. The second-order valence-electron chi connectivity index (χ2n) is 5.83. The molecule has 0 radical (unpaired) electrons. The Hall–Kier alpha value is -0.990. The first-order chi connectivity index (χ1) is 12.9. The normalized spacial score (nSPS) is 41.3. The fraction of sp³-hybridized carbons (Fsp3) is 0.800. The van der Waals surface area contributed by atoms with Gasteiger partial charge in [0.25, 0.3) is 0 Å². The van der Waals surface area contributed by atoms with Crippen molar-refractivity contribution in [1.29, 1.82) is 0 Å². The lowest BCUT2D eigenvalue weighted by atomic mass is 9.85. The number of quaternary nitrogens is 1. The molecule has 5 atom stereocenters. The number of hydrogen-bond donors (Lipinski definition) is 3. The van der Waals surface area contributed by atoms with E-state index >= 15 is 0 Å². The summed E-state index contributed by atoms with van der Waals surface area (Å²) >= 11 is 0. The highest BCUT2D eigenvalue weighted by atomic mass is 16.6. The predicted octanol–water partition coefficient (Wildman–Crippen LogP) is -0.315. The highest BCUT2D eigenvalue weighted by molar-refractivity contribution is 5.80. The summed E-state index contributed by atoms with van der Waals surface area (Å²) < 4.78 is 56.9. The van der Waals surface area contributed by atoms with Gasteiger partial charge in [0, 0.05) is 21.6 Å². The van der Waals surface area contributed by atoms with Crippen LogP contribution in [0.5, 0.6) is 0 Å². The summed E-state index contributed by atoms with van der Waals surface area (Å²) in [6, 6.07) is -0.895. The van der Waals surface area contributed by atoms with Gasteiger partial charge in [0.15, 0.2) is 5.60 Å². The molecule has 7 heteroatoms. The Morgan fingerprint density at radius 3 is 3.00 bits per heavy atom. The molecule has 7 nitrogen and oxygen atoms in total. The van der Waals surface area contributed by atoms with Gasteiger partial charge in [0.2, 0.25) is 0 Å². The third-order valence-electron chi connectivity index (χ3n) is 4.38. The Morgan fingerprint density at radius 2 is 2.41 bits per heavy atom. The van der Waals surface area contributed by atoms with Gasteiger partial charge in [0.05, 0.1) is 19.2 Å². The maximum absolute atomic E-state index is 12.6. The van der Waals surface area contributed by atoms with Crippen LogP contribution in [0.25, 0.3) is 0 Å². The maximum Gasteiger partial charge on any atom is 0.341 e. The number of rotatable bonds is 5. The Labute approximate surface area is 139 Å². The standard InChI is InChI=1S/C15H25NO6/c1-9(2)15(20,10(3)17)14(19)22-8-11-4-6-16(21)7-5-12(18)13(11)16/h4,9-10,12-13,17-18,20H,5-8H2,1-3H3/t10-,12+,13+,15-,16?/m0/s1/i1D3,2D3,9D. The number of hydrogen-bond acceptors (Lipinski definition) is 6. The summed E-state index contributed by atoms with van der Waals surface area (Å²) in [7, 11) is 0. The van der Waals surface area contributed by atoms with E-state index in [-0.39, 0.29) is 25.1 Å². The smallest absolute Gasteiger partial charge is 0.341 e. The average Bonchev–Trinajstić information content (AvgIpc) is 3.05. The fourth-order valence-corrected chi connectivity index (χ4v) is 2.99. The van der Waals surface area contributed by atoms with Crippen LogP contribution in [0.15, 0.2) is 11.6 Å². The van der Waals surface area contributed by atoms with E-state index in [9.17, 15) is 25.3 Å². The summed E-state index contributed by atoms with van der Waals surface area (Å²) in [5.41, 5.74) is -3.38. The van der Waals surface area contributed by atoms with Gasteiger partial charge in [-0.2, -0.15) is 0 Å². The van der Waals surface area contributed by atoms with Crippen molar-refractivity contribution in [2.24, 2.45) is 5.89 Å². The van der Waals surface area contributed by atoms with Gasteiger partial charge in [-0.1, -0.05) is 13.7 Å². The number of ether oxygens (including phenoxy) is 1. The SMILES string of the molecule is [2H]C([2H])([2H])C([2H])(C([2H])([2H])[2H])[C@@](O)(C(=O)OCC1=CC[N+]2([O-])CC[C@@H](O)[C@@H]12)[C@H](C)O. The topological polar surface area (TPSA) is 110 Å². The molecule has 0 aromatic carbocycles. The van der Waals surface area contributed by atoms with Crippen molar-refractivity contribution in [3.63, 3.8) is 0 Å². The quantitative estimate of drug-likeness (QED) is 0.277. The van der Waals surface area contributed by atoms with Crippen LogP contribution in [-0.4, -0.2) is 69.5 Å². The van der Waals surface area contributed by atoms with Gasteiger partial charge in [-0.15, -0.1) is 0 Å². The van der Waals surface area contributed by atoms with Gasteiger partial charge < -0.3 is 29.9 Å². The van der Waals surface area contributed by atoms with E-state index in [1.54, 1.807) is 0 Å². The number of nitrogens with zero attached hydrogens (tertiary/aromatic N) is 1. The van der Waals surface area contributed by atoms with Gasteiger partial charge in [-0.3, -0.25) is 0 Å². The molecule has 2 heterocycles. The largest absolute Gasteiger partial charge is 0.632 e. The second-order valence-corrected chi connectivity index (χ2v) is 5.83. The monoisotopic (exact) mass is 322 g/mol. The van der Waals surface area contributed by atoms with Crippen LogP contribution in [0.1, 0.15) is 36.6 Å². The Kier molecular flexibility index (Phi) is 2.68. The van der Waals surface area contributed by atoms with Gasteiger partial charge >= 0.3 is 5.97 Å². The molecule has 0 aromatic rings. The molecular weight excluding hydrogens is 290 g/mol. The summed E-state index contributed by atoms with van der Waals surface area (Å²) in [5, 5.41) is 43.3. The van der Waals surface area contributed by atoms with Crippen LogP contribution in [0, 0.1) is 11.1 Å². The maximum atomic E-state index is 12.6. The molecule has 0 bridgehead atoms. The minimum Gasteiger partial charge on any atom is -0.632 e. The van der Waals surface area contributed by atoms with E-state index in [0.29, 0.717) is 0 Å². The highest BCUT2D eigenvalue weighted by Gasteiger charge is 2.49. The first-order valence-electron chi connectivity index (χ1n) is 10.5. The molecule has 2 aliphatic heterocycles. The number of hydroxylamine groups is 3. The number of aliphatic hydroxyl groups excluding tert-OH is 2. The zero-order valence-electron chi connectivity index (χ0n) is 19.2. The summed E-state index contributed by atoms with van der Waals surface area (Å²) in [5.74, 6) is -5.62. The van der Waals surface area contributed by atoms with Crippen LogP contribution >= 0.6 is 0 Å². The molecule has 0 saturated carbocycles. The average molecular weight is 322 g/mol. The molecule has 1 fully saturated rings. The number of fused-ring (bicyclic) bond motifs is 1. The highest BCUT2D eigenvalue weighted by Crippen LogP contribution is 2.36.